The van der Waals surface area contributed by atoms with Crippen LogP contribution in [0.3, 0.4) is 0 Å². The van der Waals surface area contributed by atoms with Crippen LogP contribution in [0.1, 0.15) is 35.2 Å². The van der Waals surface area contributed by atoms with Crippen molar-refractivity contribution in [2.45, 2.75) is 30.2 Å². The largest absolute Gasteiger partial charge is 0.478 e. The lowest BCUT2D eigenvalue weighted by Gasteiger charge is -2.40. The monoisotopic (exact) mass is 319 g/mol. The molecule has 0 aromatic heterocycles. The first kappa shape index (κ1) is 16.0. The van der Waals surface area contributed by atoms with Crippen molar-refractivity contribution in [3.8, 4) is 0 Å². The molecule has 0 heterocycles. The summed E-state index contributed by atoms with van der Waals surface area (Å²) in [5.41, 5.74) is -1.06. The van der Waals surface area contributed by atoms with E-state index in [2.05, 4.69) is 5.32 Å². The fraction of sp³-hybridized carbons (Fsp3) is 0.500. The smallest absolute Gasteiger partial charge is 0.416 e. The maximum absolute atomic E-state index is 12.6. The molecule has 0 bridgehead atoms. The molecule has 1 aromatic carbocycles. The second-order valence-electron chi connectivity index (χ2n) is 5.16. The van der Waals surface area contributed by atoms with Gasteiger partial charge in [-0.2, -0.15) is 24.9 Å². The van der Waals surface area contributed by atoms with Crippen molar-refractivity contribution >= 4 is 23.4 Å². The topological polar surface area (TPSA) is 49.3 Å². The number of anilines is 1. The van der Waals surface area contributed by atoms with E-state index in [9.17, 15) is 18.0 Å². The Morgan fingerprint density at radius 2 is 2.10 bits per heavy atom. The van der Waals surface area contributed by atoms with E-state index in [1.165, 1.54) is 6.07 Å². The average molecular weight is 319 g/mol. The van der Waals surface area contributed by atoms with Crippen LogP contribution in [0, 0.1) is 0 Å². The number of carboxylic acids is 1. The van der Waals surface area contributed by atoms with E-state index in [1.807, 2.05) is 6.26 Å². The van der Waals surface area contributed by atoms with E-state index >= 15 is 0 Å². The molecular formula is C14H16F3NO2S. The molecule has 0 aliphatic heterocycles. The predicted molar refractivity (Wildman–Crippen MR) is 77.0 cm³/mol. The lowest BCUT2D eigenvalue weighted by molar-refractivity contribution is -0.137. The molecule has 1 fully saturated rings. The van der Waals surface area contributed by atoms with Gasteiger partial charge in [-0.05, 0) is 37.3 Å². The minimum absolute atomic E-state index is 0.0679. The Balaban J connectivity index is 2.21. The number of thioether (sulfide) groups is 1. The summed E-state index contributed by atoms with van der Waals surface area (Å²) in [6, 6.07) is 2.78. The third kappa shape index (κ3) is 3.45. The van der Waals surface area contributed by atoms with Crippen LogP contribution in [0.2, 0.25) is 0 Å². The fourth-order valence-corrected chi connectivity index (χ4v) is 3.25. The third-order valence-electron chi connectivity index (χ3n) is 3.88. The standard InChI is InChI=1S/C14H16F3NO2S/c1-21-13(5-2-6-13)8-18-11-4-3-9(14(15,16)17)7-10(11)12(19)20/h3-4,7,18H,2,5-6,8H2,1H3,(H,19,20). The van der Waals surface area contributed by atoms with Gasteiger partial charge in [0.15, 0.2) is 0 Å². The normalized spacial score (nSPS) is 17.1. The SMILES string of the molecule is CSC1(CNc2ccc(C(F)(F)F)cc2C(=O)O)CCC1. The molecule has 2 N–H and O–H groups in total. The van der Waals surface area contributed by atoms with Gasteiger partial charge in [0.25, 0.3) is 0 Å². The van der Waals surface area contributed by atoms with Gasteiger partial charge in [0.1, 0.15) is 0 Å². The second-order valence-corrected chi connectivity index (χ2v) is 6.43. The Hall–Kier alpha value is -1.37. The van der Waals surface area contributed by atoms with Crippen LogP contribution < -0.4 is 5.32 Å². The summed E-state index contributed by atoms with van der Waals surface area (Å²) < 4.78 is 38.0. The zero-order chi connectivity index (χ0) is 15.7. The van der Waals surface area contributed by atoms with Crippen molar-refractivity contribution in [1.82, 2.24) is 0 Å². The van der Waals surface area contributed by atoms with Crippen molar-refractivity contribution in [2.75, 3.05) is 18.1 Å². The third-order valence-corrected chi connectivity index (χ3v) is 5.29. The van der Waals surface area contributed by atoms with Gasteiger partial charge >= 0.3 is 12.1 Å². The number of aromatic carboxylic acids is 1. The molecule has 1 aliphatic carbocycles. The minimum atomic E-state index is -4.54. The Bertz CT molecular complexity index is 536. The van der Waals surface area contributed by atoms with E-state index in [-0.39, 0.29) is 16.0 Å². The van der Waals surface area contributed by atoms with Crippen LogP contribution in [0.15, 0.2) is 18.2 Å². The first-order valence-electron chi connectivity index (χ1n) is 6.51. The van der Waals surface area contributed by atoms with Crippen LogP contribution in [0.5, 0.6) is 0 Å². The van der Waals surface area contributed by atoms with Crippen LogP contribution in [0.25, 0.3) is 0 Å². The van der Waals surface area contributed by atoms with Crippen molar-refractivity contribution < 1.29 is 23.1 Å². The van der Waals surface area contributed by atoms with Crippen molar-refractivity contribution in [1.29, 1.82) is 0 Å². The summed E-state index contributed by atoms with van der Waals surface area (Å²) in [5.74, 6) is -1.37. The number of alkyl halides is 3. The van der Waals surface area contributed by atoms with Gasteiger partial charge in [0, 0.05) is 17.0 Å². The maximum Gasteiger partial charge on any atom is 0.416 e. The number of hydrogen-bond donors (Lipinski definition) is 2. The number of hydrogen-bond acceptors (Lipinski definition) is 3. The van der Waals surface area contributed by atoms with Gasteiger partial charge in [0.2, 0.25) is 0 Å². The summed E-state index contributed by atoms with van der Waals surface area (Å²) in [6.07, 6.45) is 0.638. The number of carbonyl (C=O) groups is 1. The molecule has 3 nitrogen and oxygen atoms in total. The highest BCUT2D eigenvalue weighted by atomic mass is 32.2. The molecule has 1 saturated carbocycles. The molecule has 1 aromatic rings. The summed E-state index contributed by atoms with van der Waals surface area (Å²) in [4.78, 5) is 11.2. The van der Waals surface area contributed by atoms with E-state index in [0.717, 1.165) is 25.3 Å². The predicted octanol–water partition coefficient (Wildman–Crippen LogP) is 4.10. The Kier molecular flexibility index (Phi) is 4.41. The zero-order valence-corrected chi connectivity index (χ0v) is 12.3. The highest BCUT2D eigenvalue weighted by Gasteiger charge is 2.36. The van der Waals surface area contributed by atoms with E-state index in [1.54, 1.807) is 11.8 Å². The first-order chi connectivity index (χ1) is 9.77. The fourth-order valence-electron chi connectivity index (χ4n) is 2.33. The number of benzene rings is 1. The minimum Gasteiger partial charge on any atom is -0.478 e. The quantitative estimate of drug-likeness (QED) is 0.858. The summed E-state index contributed by atoms with van der Waals surface area (Å²) in [6.45, 7) is 0.555. The molecule has 0 radical (unpaired) electrons. The molecule has 2 rings (SSSR count). The number of nitrogens with one attached hydrogen (secondary N) is 1. The molecule has 7 heteroatoms. The highest BCUT2D eigenvalue weighted by molar-refractivity contribution is 8.00. The van der Waals surface area contributed by atoms with Crippen molar-refractivity contribution in [3.63, 3.8) is 0 Å². The van der Waals surface area contributed by atoms with Crippen LogP contribution >= 0.6 is 11.8 Å². The summed E-state index contributed by atoms with van der Waals surface area (Å²) >= 11 is 1.71. The van der Waals surface area contributed by atoms with Gasteiger partial charge in [-0.15, -0.1) is 0 Å². The Labute approximate surface area is 124 Å². The van der Waals surface area contributed by atoms with Crippen molar-refractivity contribution in [3.05, 3.63) is 29.3 Å². The molecule has 1 aliphatic rings. The van der Waals surface area contributed by atoms with Crippen LogP contribution in [-0.2, 0) is 6.18 Å². The molecule has 0 saturated heterocycles. The number of carboxylic acid groups (broad SMARTS) is 1. The number of rotatable bonds is 5. The van der Waals surface area contributed by atoms with Gasteiger partial charge in [0.05, 0.1) is 11.1 Å². The molecule has 0 atom stereocenters. The van der Waals surface area contributed by atoms with E-state index < -0.39 is 17.7 Å². The van der Waals surface area contributed by atoms with Gasteiger partial charge < -0.3 is 10.4 Å². The summed E-state index contributed by atoms with van der Waals surface area (Å²) in [7, 11) is 0. The zero-order valence-electron chi connectivity index (χ0n) is 11.5. The lowest BCUT2D eigenvalue weighted by atomic mass is 9.84. The highest BCUT2D eigenvalue weighted by Crippen LogP contribution is 2.43. The first-order valence-corrected chi connectivity index (χ1v) is 7.73. The van der Waals surface area contributed by atoms with Gasteiger partial charge in [-0.3, -0.25) is 0 Å². The summed E-state index contributed by atoms with van der Waals surface area (Å²) in [5, 5.41) is 12.1. The Morgan fingerprint density at radius 3 is 2.52 bits per heavy atom. The lowest BCUT2D eigenvalue weighted by Crippen LogP contribution is -2.40. The van der Waals surface area contributed by atoms with Crippen LogP contribution in [-0.4, -0.2) is 28.6 Å². The molecule has 21 heavy (non-hydrogen) atoms. The molecule has 0 spiro atoms. The van der Waals surface area contributed by atoms with Gasteiger partial charge in [-0.25, -0.2) is 4.79 Å². The molecular weight excluding hydrogens is 303 g/mol. The molecule has 116 valence electrons. The Morgan fingerprint density at radius 1 is 1.43 bits per heavy atom. The van der Waals surface area contributed by atoms with Gasteiger partial charge in [-0.1, -0.05) is 6.42 Å². The van der Waals surface area contributed by atoms with E-state index in [0.29, 0.717) is 12.6 Å². The van der Waals surface area contributed by atoms with Crippen molar-refractivity contribution in [2.24, 2.45) is 0 Å². The number of halogens is 3. The average Bonchev–Trinajstić information content (AvgIpc) is 2.36. The van der Waals surface area contributed by atoms with E-state index in [4.69, 9.17) is 5.11 Å². The molecule has 0 amide bonds. The van der Waals surface area contributed by atoms with Crippen LogP contribution in [0.4, 0.5) is 18.9 Å². The second kappa shape index (κ2) is 5.79. The maximum atomic E-state index is 12.6. The molecule has 0 unspecified atom stereocenters.